The van der Waals surface area contributed by atoms with Gasteiger partial charge in [-0.1, -0.05) is 11.6 Å². The largest absolute Gasteiger partial charge is 0.481 e. The molecular weight excluding hydrogens is 252 g/mol. The number of carboxylic acid groups (broad SMARTS) is 1. The zero-order chi connectivity index (χ0) is 13.2. The maximum absolute atomic E-state index is 11.1. The fraction of sp³-hybridized carbons (Fsp3) is 0.538. The molecule has 0 radical (unpaired) electrons. The molecule has 0 aromatic carbocycles. The molecule has 0 spiro atoms. The van der Waals surface area contributed by atoms with Crippen molar-refractivity contribution in [1.82, 2.24) is 9.88 Å². The Morgan fingerprint density at radius 2 is 2.22 bits per heavy atom. The van der Waals surface area contributed by atoms with Crippen LogP contribution < -0.4 is 0 Å². The third-order valence-corrected chi connectivity index (χ3v) is 4.07. The molecule has 1 aliphatic heterocycles. The second-order valence-corrected chi connectivity index (χ2v) is 5.52. The van der Waals surface area contributed by atoms with E-state index in [4.69, 9.17) is 16.7 Å². The molecule has 5 heteroatoms. The molecule has 4 nitrogen and oxygen atoms in total. The van der Waals surface area contributed by atoms with Crippen molar-refractivity contribution in [3.8, 4) is 0 Å². The number of piperidine rings is 1. The molecule has 18 heavy (non-hydrogen) atoms. The molecule has 1 aromatic heterocycles. The van der Waals surface area contributed by atoms with E-state index in [2.05, 4.69) is 9.88 Å². The van der Waals surface area contributed by atoms with Crippen LogP contribution in [0.15, 0.2) is 18.5 Å². The van der Waals surface area contributed by atoms with E-state index in [9.17, 15) is 4.79 Å². The fourth-order valence-corrected chi connectivity index (χ4v) is 2.37. The summed E-state index contributed by atoms with van der Waals surface area (Å²) in [6.07, 6.45) is 4.74. The van der Waals surface area contributed by atoms with Gasteiger partial charge in [0.2, 0.25) is 0 Å². The standard InChI is InChI=1S/C13H17ClN2O2/c1-13(12(17)18)3-6-16(7-4-13)9-10-2-5-15-8-11(10)14/h2,5,8H,3-4,6-7,9H2,1H3,(H,17,18). The lowest BCUT2D eigenvalue weighted by Gasteiger charge is -2.36. The first-order valence-electron chi connectivity index (χ1n) is 6.05. The minimum absolute atomic E-state index is 0.571. The van der Waals surface area contributed by atoms with Crippen molar-refractivity contribution >= 4 is 17.6 Å². The van der Waals surface area contributed by atoms with Crippen molar-refractivity contribution in [3.05, 3.63) is 29.0 Å². The molecule has 1 aliphatic rings. The Bertz CT molecular complexity index is 442. The number of likely N-dealkylation sites (tertiary alicyclic amines) is 1. The number of halogens is 1. The van der Waals surface area contributed by atoms with Gasteiger partial charge in [0.1, 0.15) is 0 Å². The molecule has 0 amide bonds. The summed E-state index contributed by atoms with van der Waals surface area (Å²) < 4.78 is 0. The summed E-state index contributed by atoms with van der Waals surface area (Å²) >= 11 is 6.07. The second kappa shape index (κ2) is 5.24. The van der Waals surface area contributed by atoms with Gasteiger partial charge in [-0.2, -0.15) is 0 Å². The Balaban J connectivity index is 1.95. The van der Waals surface area contributed by atoms with Crippen LogP contribution in [0.5, 0.6) is 0 Å². The van der Waals surface area contributed by atoms with E-state index < -0.39 is 11.4 Å². The molecule has 0 unspecified atom stereocenters. The molecule has 0 bridgehead atoms. The third kappa shape index (κ3) is 2.82. The average molecular weight is 269 g/mol. The minimum Gasteiger partial charge on any atom is -0.481 e. The Hall–Kier alpha value is -1.13. The smallest absolute Gasteiger partial charge is 0.309 e. The summed E-state index contributed by atoms with van der Waals surface area (Å²) in [5.74, 6) is -0.691. The van der Waals surface area contributed by atoms with Crippen LogP contribution in [0.2, 0.25) is 5.02 Å². The number of nitrogens with zero attached hydrogens (tertiary/aromatic N) is 2. The van der Waals surface area contributed by atoms with Crippen LogP contribution in [0.4, 0.5) is 0 Å². The van der Waals surface area contributed by atoms with Crippen LogP contribution >= 0.6 is 11.6 Å². The molecule has 0 saturated carbocycles. The SMILES string of the molecule is CC1(C(=O)O)CCN(Cc2ccncc2Cl)CC1. The van der Waals surface area contributed by atoms with Gasteiger partial charge in [0, 0.05) is 18.9 Å². The summed E-state index contributed by atoms with van der Waals surface area (Å²) in [6.45, 7) is 4.17. The first-order chi connectivity index (χ1) is 8.51. The van der Waals surface area contributed by atoms with Crippen LogP contribution in [-0.4, -0.2) is 34.0 Å². The third-order valence-electron chi connectivity index (χ3n) is 3.73. The molecule has 0 aliphatic carbocycles. The number of pyridine rings is 1. The van der Waals surface area contributed by atoms with Crippen LogP contribution in [0.25, 0.3) is 0 Å². The molecule has 0 atom stereocenters. The predicted molar refractivity (Wildman–Crippen MR) is 69.5 cm³/mol. The quantitative estimate of drug-likeness (QED) is 0.915. The van der Waals surface area contributed by atoms with Crippen molar-refractivity contribution in [3.63, 3.8) is 0 Å². The average Bonchev–Trinajstić information content (AvgIpc) is 2.35. The highest BCUT2D eigenvalue weighted by molar-refractivity contribution is 6.31. The second-order valence-electron chi connectivity index (χ2n) is 5.11. The van der Waals surface area contributed by atoms with Gasteiger partial charge in [0.05, 0.1) is 10.4 Å². The maximum Gasteiger partial charge on any atom is 0.309 e. The van der Waals surface area contributed by atoms with Gasteiger partial charge < -0.3 is 5.11 Å². The lowest BCUT2D eigenvalue weighted by atomic mass is 9.80. The van der Waals surface area contributed by atoms with E-state index in [1.807, 2.05) is 13.0 Å². The van der Waals surface area contributed by atoms with Crippen LogP contribution in [-0.2, 0) is 11.3 Å². The molecule has 2 heterocycles. The highest BCUT2D eigenvalue weighted by atomic mass is 35.5. The van der Waals surface area contributed by atoms with Gasteiger partial charge in [-0.05, 0) is 44.5 Å². The van der Waals surface area contributed by atoms with E-state index in [1.165, 1.54) is 0 Å². The zero-order valence-electron chi connectivity index (χ0n) is 10.4. The number of hydrogen-bond donors (Lipinski definition) is 1. The van der Waals surface area contributed by atoms with Crippen molar-refractivity contribution in [2.24, 2.45) is 5.41 Å². The van der Waals surface area contributed by atoms with Gasteiger partial charge in [-0.25, -0.2) is 0 Å². The fourth-order valence-electron chi connectivity index (χ4n) is 2.19. The first-order valence-corrected chi connectivity index (χ1v) is 6.43. The van der Waals surface area contributed by atoms with Gasteiger partial charge in [-0.15, -0.1) is 0 Å². The molecule has 1 aromatic rings. The number of aliphatic carboxylic acids is 1. The lowest BCUT2D eigenvalue weighted by molar-refractivity contribution is -0.150. The Labute approximate surface area is 112 Å². The van der Waals surface area contributed by atoms with E-state index >= 15 is 0 Å². The monoisotopic (exact) mass is 268 g/mol. The summed E-state index contributed by atoms with van der Waals surface area (Å²) in [6, 6.07) is 1.91. The maximum atomic E-state index is 11.1. The number of aromatic nitrogens is 1. The molecule has 1 N–H and O–H groups in total. The van der Waals surface area contributed by atoms with E-state index in [0.717, 1.165) is 25.2 Å². The summed E-state index contributed by atoms with van der Waals surface area (Å²) in [4.78, 5) is 17.3. The highest BCUT2D eigenvalue weighted by Gasteiger charge is 2.36. The first kappa shape index (κ1) is 13.3. The number of rotatable bonds is 3. The predicted octanol–water partition coefficient (Wildman–Crippen LogP) is 2.42. The topological polar surface area (TPSA) is 53.4 Å². The Morgan fingerprint density at radius 3 is 2.78 bits per heavy atom. The molecule has 2 rings (SSSR count). The van der Waals surface area contributed by atoms with Crippen LogP contribution in [0.3, 0.4) is 0 Å². The Kier molecular flexibility index (Phi) is 3.88. The lowest BCUT2D eigenvalue weighted by Crippen LogP contribution is -2.42. The van der Waals surface area contributed by atoms with Crippen molar-refractivity contribution in [2.75, 3.05) is 13.1 Å². The minimum atomic E-state index is -0.691. The highest BCUT2D eigenvalue weighted by Crippen LogP contribution is 2.32. The van der Waals surface area contributed by atoms with Gasteiger partial charge in [0.15, 0.2) is 0 Å². The van der Waals surface area contributed by atoms with Crippen LogP contribution in [0.1, 0.15) is 25.3 Å². The zero-order valence-corrected chi connectivity index (χ0v) is 11.2. The molecular formula is C13H17ClN2O2. The summed E-state index contributed by atoms with van der Waals surface area (Å²) in [5.41, 5.74) is 0.476. The van der Waals surface area contributed by atoms with Crippen molar-refractivity contribution in [2.45, 2.75) is 26.3 Å². The molecule has 1 fully saturated rings. The van der Waals surface area contributed by atoms with Crippen molar-refractivity contribution < 1.29 is 9.90 Å². The van der Waals surface area contributed by atoms with Crippen LogP contribution in [0, 0.1) is 5.41 Å². The summed E-state index contributed by atoms with van der Waals surface area (Å²) in [7, 11) is 0. The number of carbonyl (C=O) groups is 1. The van der Waals surface area contributed by atoms with E-state index in [0.29, 0.717) is 17.9 Å². The summed E-state index contributed by atoms with van der Waals surface area (Å²) in [5, 5.41) is 9.84. The Morgan fingerprint density at radius 1 is 1.56 bits per heavy atom. The number of hydrogen-bond acceptors (Lipinski definition) is 3. The van der Waals surface area contributed by atoms with E-state index in [-0.39, 0.29) is 0 Å². The molecule has 98 valence electrons. The van der Waals surface area contributed by atoms with Gasteiger partial charge in [0.25, 0.3) is 0 Å². The van der Waals surface area contributed by atoms with Gasteiger partial charge in [-0.3, -0.25) is 14.7 Å². The van der Waals surface area contributed by atoms with E-state index in [1.54, 1.807) is 12.4 Å². The van der Waals surface area contributed by atoms with Crippen molar-refractivity contribution in [1.29, 1.82) is 0 Å². The normalized spacial score (nSPS) is 19.7. The van der Waals surface area contributed by atoms with Gasteiger partial charge >= 0.3 is 5.97 Å². The molecule has 1 saturated heterocycles. The number of carboxylic acids is 1.